The van der Waals surface area contributed by atoms with Crippen LogP contribution in [0.3, 0.4) is 0 Å². The average molecular weight is 277 g/mol. The van der Waals surface area contributed by atoms with Gasteiger partial charge in [-0.15, -0.1) is 0 Å². The zero-order valence-electron chi connectivity index (χ0n) is 11.6. The third kappa shape index (κ3) is 5.56. The number of nitrogens with one attached hydrogen (secondary N) is 1. The Labute approximate surface area is 118 Å². The fraction of sp³-hybridized carbons (Fsp3) is 0.333. The second kappa shape index (κ2) is 7.99. The summed E-state index contributed by atoms with van der Waals surface area (Å²) in [5, 5.41) is 11.0. The maximum atomic E-state index is 11.5. The van der Waals surface area contributed by atoms with Crippen molar-refractivity contribution in [2.45, 2.75) is 26.3 Å². The standard InChI is InChI=1S/C15H19NO4/c1-3-10-20-13-7-4-12(5-8-13)6-9-14(17)16-11(2)15(18)19/h4-9,11H,3,10H2,1-2H3,(H,16,17)(H,18,19)/b9-6+. The summed E-state index contributed by atoms with van der Waals surface area (Å²) in [6.07, 6.45) is 3.87. The van der Waals surface area contributed by atoms with Crippen LogP contribution in [0.5, 0.6) is 5.75 Å². The minimum absolute atomic E-state index is 0.439. The predicted octanol–water partition coefficient (Wildman–Crippen LogP) is 2.08. The van der Waals surface area contributed by atoms with Crippen molar-refractivity contribution >= 4 is 18.0 Å². The molecule has 0 saturated heterocycles. The number of carbonyl (C=O) groups is 2. The number of hydrogen-bond acceptors (Lipinski definition) is 3. The van der Waals surface area contributed by atoms with Gasteiger partial charge in [-0.25, -0.2) is 0 Å². The number of rotatable bonds is 7. The summed E-state index contributed by atoms with van der Waals surface area (Å²) in [6.45, 7) is 4.12. The SMILES string of the molecule is CCCOc1ccc(/C=C/C(=O)NC(C)C(=O)O)cc1. The van der Waals surface area contributed by atoms with Crippen LogP contribution in [0.25, 0.3) is 6.08 Å². The third-order valence-corrected chi connectivity index (χ3v) is 2.51. The number of ether oxygens (including phenoxy) is 1. The van der Waals surface area contributed by atoms with E-state index in [-0.39, 0.29) is 0 Å². The Bertz CT molecular complexity index is 479. The molecule has 5 nitrogen and oxygen atoms in total. The van der Waals surface area contributed by atoms with E-state index in [2.05, 4.69) is 5.32 Å². The zero-order valence-corrected chi connectivity index (χ0v) is 11.6. The van der Waals surface area contributed by atoms with Crippen LogP contribution < -0.4 is 10.1 Å². The van der Waals surface area contributed by atoms with Gasteiger partial charge >= 0.3 is 5.97 Å². The van der Waals surface area contributed by atoms with Gasteiger partial charge in [0.25, 0.3) is 0 Å². The van der Waals surface area contributed by atoms with Crippen LogP contribution in [0, 0.1) is 0 Å². The maximum Gasteiger partial charge on any atom is 0.325 e. The minimum atomic E-state index is -1.07. The molecular formula is C15H19NO4. The van der Waals surface area contributed by atoms with Gasteiger partial charge in [-0.05, 0) is 37.1 Å². The Morgan fingerprint density at radius 2 is 2.00 bits per heavy atom. The van der Waals surface area contributed by atoms with Gasteiger partial charge in [0.2, 0.25) is 5.91 Å². The summed E-state index contributed by atoms with van der Waals surface area (Å²) in [6, 6.07) is 6.40. The number of hydrogen-bond donors (Lipinski definition) is 2. The molecule has 0 aliphatic rings. The molecule has 0 fully saturated rings. The molecule has 1 unspecified atom stereocenters. The molecule has 1 aromatic rings. The molecule has 0 radical (unpaired) electrons. The highest BCUT2D eigenvalue weighted by atomic mass is 16.5. The van der Waals surface area contributed by atoms with Gasteiger partial charge in [0.05, 0.1) is 6.61 Å². The lowest BCUT2D eigenvalue weighted by molar-refractivity contribution is -0.140. The quantitative estimate of drug-likeness (QED) is 0.748. The maximum absolute atomic E-state index is 11.5. The van der Waals surface area contributed by atoms with Crippen molar-refractivity contribution < 1.29 is 19.4 Å². The van der Waals surface area contributed by atoms with Crippen molar-refractivity contribution in [2.24, 2.45) is 0 Å². The van der Waals surface area contributed by atoms with Gasteiger partial charge in [-0.3, -0.25) is 9.59 Å². The molecule has 0 aromatic heterocycles. The summed E-state index contributed by atoms with van der Waals surface area (Å²) in [5.74, 6) is -0.719. The van der Waals surface area contributed by atoms with Gasteiger partial charge < -0.3 is 15.2 Å². The van der Waals surface area contributed by atoms with Crippen molar-refractivity contribution in [3.63, 3.8) is 0 Å². The molecule has 0 saturated carbocycles. The lowest BCUT2D eigenvalue weighted by atomic mass is 10.2. The minimum Gasteiger partial charge on any atom is -0.494 e. The molecule has 0 bridgehead atoms. The molecule has 108 valence electrons. The first-order chi connectivity index (χ1) is 9.52. The lowest BCUT2D eigenvalue weighted by Crippen LogP contribution is -2.37. The number of aliphatic carboxylic acids is 1. The van der Waals surface area contributed by atoms with E-state index < -0.39 is 17.9 Å². The van der Waals surface area contributed by atoms with Crippen molar-refractivity contribution in [2.75, 3.05) is 6.61 Å². The second-order valence-electron chi connectivity index (χ2n) is 4.32. The Hall–Kier alpha value is -2.30. The molecule has 2 N–H and O–H groups in total. The highest BCUT2D eigenvalue weighted by molar-refractivity contribution is 5.94. The summed E-state index contributed by atoms with van der Waals surface area (Å²) < 4.78 is 5.45. The van der Waals surface area contributed by atoms with E-state index in [9.17, 15) is 9.59 Å². The van der Waals surface area contributed by atoms with E-state index in [1.165, 1.54) is 13.0 Å². The molecule has 1 rings (SSSR count). The highest BCUT2D eigenvalue weighted by Crippen LogP contribution is 2.13. The van der Waals surface area contributed by atoms with Crippen LogP contribution in [0.2, 0.25) is 0 Å². The van der Waals surface area contributed by atoms with E-state index in [1.807, 2.05) is 31.2 Å². The summed E-state index contributed by atoms with van der Waals surface area (Å²) >= 11 is 0. The van der Waals surface area contributed by atoms with Crippen molar-refractivity contribution in [3.8, 4) is 5.75 Å². The van der Waals surface area contributed by atoms with E-state index >= 15 is 0 Å². The first-order valence-corrected chi connectivity index (χ1v) is 6.47. The number of carboxylic acid groups (broad SMARTS) is 1. The van der Waals surface area contributed by atoms with Crippen LogP contribution in [0.1, 0.15) is 25.8 Å². The summed E-state index contributed by atoms with van der Waals surface area (Å²) in [7, 11) is 0. The molecule has 1 atom stereocenters. The lowest BCUT2D eigenvalue weighted by Gasteiger charge is -2.06. The number of benzene rings is 1. The molecule has 5 heteroatoms. The number of amides is 1. The van der Waals surface area contributed by atoms with Crippen molar-refractivity contribution in [1.29, 1.82) is 0 Å². The smallest absolute Gasteiger partial charge is 0.325 e. The first-order valence-electron chi connectivity index (χ1n) is 6.47. The average Bonchev–Trinajstić information content (AvgIpc) is 2.43. The van der Waals surface area contributed by atoms with E-state index in [0.717, 1.165) is 17.7 Å². The van der Waals surface area contributed by atoms with Crippen LogP contribution in [-0.2, 0) is 9.59 Å². The molecule has 1 aromatic carbocycles. The summed E-state index contributed by atoms with van der Waals surface area (Å²) in [4.78, 5) is 22.0. The monoisotopic (exact) mass is 277 g/mol. The largest absolute Gasteiger partial charge is 0.494 e. The van der Waals surface area contributed by atoms with Gasteiger partial charge in [-0.2, -0.15) is 0 Å². The molecule has 20 heavy (non-hydrogen) atoms. The van der Waals surface area contributed by atoms with Crippen molar-refractivity contribution in [1.82, 2.24) is 5.32 Å². The van der Waals surface area contributed by atoms with Crippen LogP contribution in [0.4, 0.5) is 0 Å². The van der Waals surface area contributed by atoms with Crippen LogP contribution >= 0.6 is 0 Å². The fourth-order valence-corrected chi connectivity index (χ4v) is 1.39. The second-order valence-corrected chi connectivity index (χ2v) is 4.32. The van der Waals surface area contributed by atoms with Gasteiger partial charge in [0, 0.05) is 6.08 Å². The van der Waals surface area contributed by atoms with Crippen LogP contribution in [-0.4, -0.2) is 29.6 Å². The Morgan fingerprint density at radius 1 is 1.35 bits per heavy atom. The summed E-state index contributed by atoms with van der Waals surface area (Å²) in [5.41, 5.74) is 0.840. The molecular weight excluding hydrogens is 258 g/mol. The zero-order chi connectivity index (χ0) is 15.0. The normalized spacial score (nSPS) is 12.1. The first kappa shape index (κ1) is 15.8. The number of carboxylic acids is 1. The van der Waals surface area contributed by atoms with E-state index in [1.54, 1.807) is 6.08 Å². The van der Waals surface area contributed by atoms with E-state index in [4.69, 9.17) is 9.84 Å². The van der Waals surface area contributed by atoms with Gasteiger partial charge in [0.15, 0.2) is 0 Å². The molecule has 0 heterocycles. The topological polar surface area (TPSA) is 75.6 Å². The molecule has 0 aliphatic heterocycles. The van der Waals surface area contributed by atoms with Gasteiger partial charge in [-0.1, -0.05) is 19.1 Å². The fourth-order valence-electron chi connectivity index (χ4n) is 1.39. The van der Waals surface area contributed by atoms with Crippen LogP contribution in [0.15, 0.2) is 30.3 Å². The molecule has 0 aliphatic carbocycles. The Kier molecular flexibility index (Phi) is 6.29. The molecule has 0 spiro atoms. The third-order valence-electron chi connectivity index (χ3n) is 2.51. The number of carbonyl (C=O) groups excluding carboxylic acids is 1. The predicted molar refractivity (Wildman–Crippen MR) is 76.5 cm³/mol. The van der Waals surface area contributed by atoms with Gasteiger partial charge in [0.1, 0.15) is 11.8 Å². The Balaban J connectivity index is 2.53. The van der Waals surface area contributed by atoms with E-state index in [0.29, 0.717) is 6.61 Å². The van der Waals surface area contributed by atoms with Crippen molar-refractivity contribution in [3.05, 3.63) is 35.9 Å². The Morgan fingerprint density at radius 3 is 2.55 bits per heavy atom. The highest BCUT2D eigenvalue weighted by Gasteiger charge is 2.11. The molecule has 1 amide bonds.